The van der Waals surface area contributed by atoms with Gasteiger partial charge in [0.15, 0.2) is 0 Å². The van der Waals surface area contributed by atoms with Crippen LogP contribution in [0, 0.1) is 5.92 Å². The van der Waals surface area contributed by atoms with E-state index in [0.717, 1.165) is 19.3 Å². The van der Waals surface area contributed by atoms with Gasteiger partial charge in [0.25, 0.3) is 0 Å². The van der Waals surface area contributed by atoms with E-state index in [1.54, 1.807) is 0 Å². The van der Waals surface area contributed by atoms with E-state index >= 15 is 0 Å². The molecule has 1 aliphatic heterocycles. The van der Waals surface area contributed by atoms with Crippen LogP contribution >= 0.6 is 0 Å². The zero-order chi connectivity index (χ0) is 9.84. The Morgan fingerprint density at radius 2 is 2.38 bits per heavy atom. The summed E-state index contributed by atoms with van der Waals surface area (Å²) in [5.74, 6) is -1.05. The van der Waals surface area contributed by atoms with Gasteiger partial charge in [0, 0.05) is 6.42 Å². The number of carbonyl (C=O) groups is 2. The molecular formula is C9H15NO3. The van der Waals surface area contributed by atoms with Gasteiger partial charge < -0.3 is 10.4 Å². The predicted molar refractivity (Wildman–Crippen MR) is 47.2 cm³/mol. The molecule has 4 nitrogen and oxygen atoms in total. The first-order valence-corrected chi connectivity index (χ1v) is 4.67. The Hall–Kier alpha value is -1.06. The molecule has 1 fully saturated rings. The normalized spacial score (nSPS) is 27.3. The zero-order valence-electron chi connectivity index (χ0n) is 7.75. The molecule has 1 aliphatic rings. The summed E-state index contributed by atoms with van der Waals surface area (Å²) >= 11 is 0. The molecule has 0 spiro atoms. The second-order valence-electron chi connectivity index (χ2n) is 3.49. The van der Waals surface area contributed by atoms with Crippen LogP contribution in [0.25, 0.3) is 0 Å². The van der Waals surface area contributed by atoms with Crippen LogP contribution in [0.2, 0.25) is 0 Å². The first-order chi connectivity index (χ1) is 6.15. The van der Waals surface area contributed by atoms with Crippen LogP contribution in [0.3, 0.4) is 0 Å². The van der Waals surface area contributed by atoms with Gasteiger partial charge in [-0.2, -0.15) is 0 Å². The number of carboxylic acid groups (broad SMARTS) is 1. The molecule has 0 aromatic rings. The molecule has 1 rings (SSSR count). The molecule has 2 atom stereocenters. The lowest BCUT2D eigenvalue weighted by Crippen LogP contribution is -2.36. The summed E-state index contributed by atoms with van der Waals surface area (Å²) in [5, 5.41) is 11.3. The largest absolute Gasteiger partial charge is 0.480 e. The van der Waals surface area contributed by atoms with Crippen molar-refractivity contribution < 1.29 is 14.7 Å². The third-order valence-electron chi connectivity index (χ3n) is 2.43. The van der Waals surface area contributed by atoms with Crippen LogP contribution in [0.15, 0.2) is 0 Å². The highest BCUT2D eigenvalue weighted by molar-refractivity contribution is 5.87. The summed E-state index contributed by atoms with van der Waals surface area (Å²) in [6.07, 6.45) is 3.23. The minimum Gasteiger partial charge on any atom is -0.480 e. The van der Waals surface area contributed by atoms with E-state index in [-0.39, 0.29) is 11.8 Å². The van der Waals surface area contributed by atoms with Crippen LogP contribution in [0.5, 0.6) is 0 Å². The van der Waals surface area contributed by atoms with Crippen LogP contribution < -0.4 is 5.32 Å². The quantitative estimate of drug-likeness (QED) is 0.679. The average Bonchev–Trinajstić information content (AvgIpc) is 2.43. The topological polar surface area (TPSA) is 66.4 Å². The molecule has 0 saturated carbocycles. The first kappa shape index (κ1) is 10.0. The number of hydrogen-bond acceptors (Lipinski definition) is 2. The van der Waals surface area contributed by atoms with Crippen LogP contribution in [-0.2, 0) is 9.59 Å². The van der Waals surface area contributed by atoms with Crippen molar-refractivity contribution in [2.45, 2.75) is 38.6 Å². The number of carbonyl (C=O) groups excluding carboxylic acids is 1. The summed E-state index contributed by atoms with van der Waals surface area (Å²) in [7, 11) is 0. The summed E-state index contributed by atoms with van der Waals surface area (Å²) in [6, 6.07) is -0.654. The second-order valence-corrected chi connectivity index (χ2v) is 3.49. The molecule has 0 aliphatic carbocycles. The number of rotatable bonds is 4. The molecule has 1 saturated heterocycles. The first-order valence-electron chi connectivity index (χ1n) is 4.67. The van der Waals surface area contributed by atoms with Crippen molar-refractivity contribution in [1.29, 1.82) is 0 Å². The van der Waals surface area contributed by atoms with E-state index in [1.807, 2.05) is 0 Å². The Morgan fingerprint density at radius 1 is 1.69 bits per heavy atom. The van der Waals surface area contributed by atoms with Gasteiger partial charge in [0.05, 0.1) is 0 Å². The third-order valence-corrected chi connectivity index (χ3v) is 2.43. The Balaban J connectivity index is 2.50. The Kier molecular flexibility index (Phi) is 3.28. The van der Waals surface area contributed by atoms with Gasteiger partial charge in [0.2, 0.25) is 5.91 Å². The van der Waals surface area contributed by atoms with Gasteiger partial charge in [-0.05, 0) is 12.3 Å². The fourth-order valence-electron chi connectivity index (χ4n) is 1.70. The predicted octanol–water partition coefficient (Wildman–Crippen LogP) is 0.766. The molecule has 1 heterocycles. The Bertz CT molecular complexity index is 215. The van der Waals surface area contributed by atoms with E-state index in [9.17, 15) is 9.59 Å². The molecule has 0 unspecified atom stereocenters. The molecule has 0 radical (unpaired) electrons. The molecule has 74 valence electrons. The molecule has 4 heteroatoms. The molecule has 0 aromatic heterocycles. The Labute approximate surface area is 77.3 Å². The smallest absolute Gasteiger partial charge is 0.326 e. The van der Waals surface area contributed by atoms with Crippen LogP contribution in [0.1, 0.15) is 32.6 Å². The second kappa shape index (κ2) is 4.25. The maximum atomic E-state index is 11.0. The standard InChI is InChI=1S/C9H15NO3/c1-2-3-4-6-5-7(11)10-8(6)9(12)13/h6,8H,2-5H2,1H3,(H,10,11)(H,12,13)/t6-,8+/m0/s1. The van der Waals surface area contributed by atoms with E-state index in [0.29, 0.717) is 6.42 Å². The maximum Gasteiger partial charge on any atom is 0.326 e. The lowest BCUT2D eigenvalue weighted by atomic mass is 9.94. The number of amides is 1. The summed E-state index contributed by atoms with van der Waals surface area (Å²) in [6.45, 7) is 2.06. The van der Waals surface area contributed by atoms with Gasteiger partial charge in [-0.15, -0.1) is 0 Å². The van der Waals surface area contributed by atoms with Gasteiger partial charge in [-0.25, -0.2) is 4.79 Å². The minimum absolute atomic E-state index is 0.00931. The third kappa shape index (κ3) is 2.44. The molecule has 13 heavy (non-hydrogen) atoms. The lowest BCUT2D eigenvalue weighted by Gasteiger charge is -2.13. The van der Waals surface area contributed by atoms with Gasteiger partial charge in [-0.3, -0.25) is 4.79 Å². The van der Waals surface area contributed by atoms with E-state index in [1.165, 1.54) is 0 Å². The van der Waals surface area contributed by atoms with Crippen molar-refractivity contribution in [3.05, 3.63) is 0 Å². The zero-order valence-corrected chi connectivity index (χ0v) is 7.75. The van der Waals surface area contributed by atoms with Crippen molar-refractivity contribution in [3.63, 3.8) is 0 Å². The van der Waals surface area contributed by atoms with Crippen molar-refractivity contribution >= 4 is 11.9 Å². The fourth-order valence-corrected chi connectivity index (χ4v) is 1.70. The summed E-state index contributed by atoms with van der Waals surface area (Å²) in [4.78, 5) is 21.7. The van der Waals surface area contributed by atoms with Gasteiger partial charge >= 0.3 is 5.97 Å². The Morgan fingerprint density at radius 3 is 2.92 bits per heavy atom. The highest BCUT2D eigenvalue weighted by atomic mass is 16.4. The van der Waals surface area contributed by atoms with Crippen LogP contribution in [-0.4, -0.2) is 23.0 Å². The van der Waals surface area contributed by atoms with Gasteiger partial charge in [0.1, 0.15) is 6.04 Å². The lowest BCUT2D eigenvalue weighted by molar-refractivity contribution is -0.140. The average molecular weight is 185 g/mol. The van der Waals surface area contributed by atoms with Crippen molar-refractivity contribution in [2.75, 3.05) is 0 Å². The minimum atomic E-state index is -0.910. The van der Waals surface area contributed by atoms with E-state index in [2.05, 4.69) is 12.2 Å². The number of nitrogens with one attached hydrogen (secondary N) is 1. The van der Waals surface area contributed by atoms with Crippen molar-refractivity contribution in [1.82, 2.24) is 5.32 Å². The summed E-state index contributed by atoms with van der Waals surface area (Å²) in [5.41, 5.74) is 0. The summed E-state index contributed by atoms with van der Waals surface area (Å²) < 4.78 is 0. The van der Waals surface area contributed by atoms with Crippen molar-refractivity contribution in [2.24, 2.45) is 5.92 Å². The fraction of sp³-hybridized carbons (Fsp3) is 0.778. The van der Waals surface area contributed by atoms with E-state index in [4.69, 9.17) is 5.11 Å². The van der Waals surface area contributed by atoms with E-state index < -0.39 is 12.0 Å². The molecule has 0 bridgehead atoms. The number of unbranched alkanes of at least 4 members (excludes halogenated alkanes) is 1. The van der Waals surface area contributed by atoms with Gasteiger partial charge in [-0.1, -0.05) is 19.8 Å². The molecule has 1 amide bonds. The highest BCUT2D eigenvalue weighted by Crippen LogP contribution is 2.22. The number of hydrogen-bond donors (Lipinski definition) is 2. The monoisotopic (exact) mass is 185 g/mol. The number of aliphatic carboxylic acids is 1. The molecular weight excluding hydrogens is 170 g/mol. The highest BCUT2D eigenvalue weighted by Gasteiger charge is 2.36. The van der Waals surface area contributed by atoms with Crippen molar-refractivity contribution in [3.8, 4) is 0 Å². The SMILES string of the molecule is CCCC[C@H]1CC(=O)N[C@H]1C(=O)O. The number of carboxylic acids is 1. The molecule has 2 N–H and O–H groups in total. The van der Waals surface area contributed by atoms with Crippen LogP contribution in [0.4, 0.5) is 0 Å². The maximum absolute atomic E-state index is 11.0. The molecule has 0 aromatic carbocycles.